The van der Waals surface area contributed by atoms with Gasteiger partial charge in [0.1, 0.15) is 5.82 Å². The first-order valence-electron chi connectivity index (χ1n) is 6.00. The monoisotopic (exact) mass is 307 g/mol. The van der Waals surface area contributed by atoms with Gasteiger partial charge in [0.25, 0.3) is 0 Å². The summed E-state index contributed by atoms with van der Waals surface area (Å²) < 4.78 is 5.49. The summed E-state index contributed by atoms with van der Waals surface area (Å²) in [5.41, 5.74) is 1.87. The molecular weight excluding hydrogens is 294 g/mol. The fourth-order valence-corrected chi connectivity index (χ4v) is 2.71. The Balaban J connectivity index is 1.97. The van der Waals surface area contributed by atoms with Crippen molar-refractivity contribution in [2.24, 2.45) is 0 Å². The summed E-state index contributed by atoms with van der Waals surface area (Å²) in [6, 6.07) is 8.27. The van der Waals surface area contributed by atoms with E-state index in [2.05, 4.69) is 30.8 Å². The highest BCUT2D eigenvalue weighted by atomic mass is 79.9. The molecule has 0 bridgehead atoms. The van der Waals surface area contributed by atoms with E-state index in [9.17, 15) is 0 Å². The number of benzene rings is 1. The molecule has 1 aromatic carbocycles. The first-order chi connectivity index (χ1) is 8.88. The van der Waals surface area contributed by atoms with Gasteiger partial charge < -0.3 is 9.64 Å². The van der Waals surface area contributed by atoms with Gasteiger partial charge in [-0.3, -0.25) is 4.98 Å². The molecule has 4 nitrogen and oxygen atoms in total. The Morgan fingerprint density at radius 1 is 1.33 bits per heavy atom. The van der Waals surface area contributed by atoms with E-state index in [4.69, 9.17) is 4.74 Å². The zero-order valence-corrected chi connectivity index (χ0v) is 11.5. The number of para-hydroxylation sites is 2. The van der Waals surface area contributed by atoms with Crippen LogP contribution in [0.1, 0.15) is 0 Å². The lowest BCUT2D eigenvalue weighted by Crippen LogP contribution is -2.47. The van der Waals surface area contributed by atoms with Crippen LogP contribution in [0.15, 0.2) is 30.5 Å². The largest absolute Gasteiger partial charge is 0.377 e. The summed E-state index contributed by atoms with van der Waals surface area (Å²) in [6.45, 7) is 2.35. The summed E-state index contributed by atoms with van der Waals surface area (Å²) in [7, 11) is 0. The molecule has 18 heavy (non-hydrogen) atoms. The number of rotatable bonds is 2. The molecular formula is C13H14BrN3O. The minimum Gasteiger partial charge on any atom is -0.377 e. The van der Waals surface area contributed by atoms with E-state index in [0.29, 0.717) is 6.04 Å². The predicted octanol–water partition coefficient (Wildman–Crippen LogP) is 2.23. The van der Waals surface area contributed by atoms with Gasteiger partial charge in [-0.1, -0.05) is 28.1 Å². The Labute approximate surface area is 114 Å². The fourth-order valence-electron chi connectivity index (χ4n) is 2.17. The summed E-state index contributed by atoms with van der Waals surface area (Å²) >= 11 is 3.53. The van der Waals surface area contributed by atoms with E-state index in [1.54, 1.807) is 0 Å². The van der Waals surface area contributed by atoms with Gasteiger partial charge in [-0.15, -0.1) is 0 Å². The van der Waals surface area contributed by atoms with Crippen LogP contribution in [0.2, 0.25) is 0 Å². The SMILES string of the molecule is BrCC1COCCN1c1cnc2ccccc2n1. The van der Waals surface area contributed by atoms with E-state index < -0.39 is 0 Å². The van der Waals surface area contributed by atoms with Crippen LogP contribution in [0.3, 0.4) is 0 Å². The number of aromatic nitrogens is 2. The molecule has 0 saturated carbocycles. The average molecular weight is 308 g/mol. The normalized spacial score (nSPS) is 20.3. The molecule has 1 aromatic heterocycles. The number of alkyl halides is 1. The number of hydrogen-bond acceptors (Lipinski definition) is 4. The summed E-state index contributed by atoms with van der Waals surface area (Å²) in [5, 5.41) is 0.876. The van der Waals surface area contributed by atoms with Crippen LogP contribution in [-0.4, -0.2) is 41.1 Å². The predicted molar refractivity (Wildman–Crippen MR) is 75.3 cm³/mol. The molecule has 0 spiro atoms. The number of anilines is 1. The van der Waals surface area contributed by atoms with Crippen molar-refractivity contribution in [3.05, 3.63) is 30.5 Å². The molecule has 1 saturated heterocycles. The number of ether oxygens (including phenoxy) is 1. The Hall–Kier alpha value is -1.20. The maximum atomic E-state index is 5.49. The van der Waals surface area contributed by atoms with Gasteiger partial charge in [0.05, 0.1) is 36.5 Å². The van der Waals surface area contributed by atoms with E-state index in [1.165, 1.54) is 0 Å². The highest BCUT2D eigenvalue weighted by molar-refractivity contribution is 9.09. The van der Waals surface area contributed by atoms with Crippen LogP contribution in [0.25, 0.3) is 11.0 Å². The Kier molecular flexibility index (Phi) is 3.43. The lowest BCUT2D eigenvalue weighted by molar-refractivity contribution is 0.1000. The molecule has 5 heteroatoms. The lowest BCUT2D eigenvalue weighted by atomic mass is 10.2. The zero-order chi connectivity index (χ0) is 12.4. The topological polar surface area (TPSA) is 38.2 Å². The summed E-state index contributed by atoms with van der Waals surface area (Å²) in [5.74, 6) is 0.932. The van der Waals surface area contributed by atoms with Crippen LogP contribution in [0, 0.1) is 0 Å². The highest BCUT2D eigenvalue weighted by Crippen LogP contribution is 2.20. The zero-order valence-electron chi connectivity index (χ0n) is 9.92. The minimum absolute atomic E-state index is 0.328. The molecule has 0 radical (unpaired) electrons. The molecule has 1 aliphatic heterocycles. The summed E-state index contributed by atoms with van der Waals surface area (Å²) in [6.07, 6.45) is 1.85. The second kappa shape index (κ2) is 5.20. The fraction of sp³-hybridized carbons (Fsp3) is 0.385. The summed E-state index contributed by atoms with van der Waals surface area (Å²) in [4.78, 5) is 11.4. The third-order valence-electron chi connectivity index (χ3n) is 3.14. The number of nitrogens with zero attached hydrogens (tertiary/aromatic N) is 3. The van der Waals surface area contributed by atoms with Crippen LogP contribution >= 0.6 is 15.9 Å². The second-order valence-corrected chi connectivity index (χ2v) is 4.94. The van der Waals surface area contributed by atoms with Gasteiger partial charge in [0.15, 0.2) is 0 Å². The van der Waals surface area contributed by atoms with Crippen molar-refractivity contribution in [2.45, 2.75) is 6.04 Å². The number of morpholine rings is 1. The van der Waals surface area contributed by atoms with Crippen molar-refractivity contribution in [2.75, 3.05) is 30.0 Å². The van der Waals surface area contributed by atoms with Crippen LogP contribution in [0.5, 0.6) is 0 Å². The number of halogens is 1. The Bertz CT molecular complexity index is 549. The maximum absolute atomic E-state index is 5.49. The van der Waals surface area contributed by atoms with Gasteiger partial charge in [0.2, 0.25) is 0 Å². The molecule has 1 atom stereocenters. The smallest absolute Gasteiger partial charge is 0.148 e. The quantitative estimate of drug-likeness (QED) is 0.798. The van der Waals surface area contributed by atoms with Gasteiger partial charge in [-0.2, -0.15) is 0 Å². The maximum Gasteiger partial charge on any atom is 0.148 e. The molecule has 0 N–H and O–H groups in total. The van der Waals surface area contributed by atoms with Crippen molar-refractivity contribution in [3.63, 3.8) is 0 Å². The third kappa shape index (κ3) is 2.20. The molecule has 0 aliphatic carbocycles. The average Bonchev–Trinajstić information content (AvgIpc) is 2.46. The van der Waals surface area contributed by atoms with Crippen molar-refractivity contribution in [3.8, 4) is 0 Å². The van der Waals surface area contributed by atoms with Gasteiger partial charge in [-0.05, 0) is 12.1 Å². The number of hydrogen-bond donors (Lipinski definition) is 0. The van der Waals surface area contributed by atoms with E-state index in [-0.39, 0.29) is 0 Å². The molecule has 1 fully saturated rings. The molecule has 0 amide bonds. The number of fused-ring (bicyclic) bond motifs is 1. The standard InChI is InChI=1S/C13H14BrN3O/c14-7-10-9-18-6-5-17(10)13-8-15-11-3-1-2-4-12(11)16-13/h1-4,8,10H,5-7,9H2. The third-order valence-corrected chi connectivity index (χ3v) is 3.88. The van der Waals surface area contributed by atoms with Gasteiger partial charge in [0, 0.05) is 11.9 Å². The lowest BCUT2D eigenvalue weighted by Gasteiger charge is -2.35. The van der Waals surface area contributed by atoms with Crippen molar-refractivity contribution >= 4 is 32.8 Å². The van der Waals surface area contributed by atoms with Crippen LogP contribution < -0.4 is 4.90 Å². The van der Waals surface area contributed by atoms with Crippen molar-refractivity contribution in [1.82, 2.24) is 9.97 Å². The molecule has 2 heterocycles. The second-order valence-electron chi connectivity index (χ2n) is 4.29. The first kappa shape index (κ1) is 11.9. The molecule has 1 aliphatic rings. The van der Waals surface area contributed by atoms with Crippen molar-refractivity contribution < 1.29 is 4.74 Å². The highest BCUT2D eigenvalue weighted by Gasteiger charge is 2.23. The van der Waals surface area contributed by atoms with E-state index in [0.717, 1.165) is 41.9 Å². The van der Waals surface area contributed by atoms with E-state index >= 15 is 0 Å². The molecule has 1 unspecified atom stereocenters. The Morgan fingerprint density at radius 3 is 3.00 bits per heavy atom. The molecule has 94 valence electrons. The van der Waals surface area contributed by atoms with E-state index in [1.807, 2.05) is 30.5 Å². The Morgan fingerprint density at radius 2 is 2.17 bits per heavy atom. The van der Waals surface area contributed by atoms with Gasteiger partial charge in [-0.25, -0.2) is 4.98 Å². The van der Waals surface area contributed by atoms with Crippen LogP contribution in [-0.2, 0) is 4.74 Å². The molecule has 3 rings (SSSR count). The van der Waals surface area contributed by atoms with Crippen LogP contribution in [0.4, 0.5) is 5.82 Å². The molecule has 2 aromatic rings. The minimum atomic E-state index is 0.328. The first-order valence-corrected chi connectivity index (χ1v) is 7.13. The van der Waals surface area contributed by atoms with Gasteiger partial charge >= 0.3 is 0 Å². The van der Waals surface area contributed by atoms with Crippen molar-refractivity contribution in [1.29, 1.82) is 0 Å².